The van der Waals surface area contributed by atoms with Gasteiger partial charge in [-0.1, -0.05) is 12.8 Å². The van der Waals surface area contributed by atoms with E-state index in [1.54, 1.807) is 11.3 Å². The van der Waals surface area contributed by atoms with Gasteiger partial charge >= 0.3 is 5.97 Å². The summed E-state index contributed by atoms with van der Waals surface area (Å²) in [6.45, 7) is 2.58. The Kier molecular flexibility index (Phi) is 7.28. The van der Waals surface area contributed by atoms with E-state index in [0.717, 1.165) is 47.7 Å². The van der Waals surface area contributed by atoms with E-state index >= 15 is 0 Å². The predicted molar refractivity (Wildman–Crippen MR) is 119 cm³/mol. The molecule has 1 aliphatic carbocycles. The summed E-state index contributed by atoms with van der Waals surface area (Å²) in [6.07, 6.45) is 6.62. The van der Waals surface area contributed by atoms with Crippen LogP contribution in [0.15, 0.2) is 24.3 Å². The standard InChI is InChI=1S/C21H26N2O3S2/c1-3-26-15-12-10-14(11-13-15)22-21(27)23-19-18(20(24)25-2)16-8-6-4-5-7-9-17(16)28-19/h10-13H,3-9H2,1-2H3,(H2,22,23,27). The van der Waals surface area contributed by atoms with Crippen molar-refractivity contribution in [3.8, 4) is 5.75 Å². The molecule has 0 saturated carbocycles. The molecule has 0 aliphatic heterocycles. The Morgan fingerprint density at radius 2 is 1.82 bits per heavy atom. The summed E-state index contributed by atoms with van der Waals surface area (Å²) >= 11 is 7.10. The van der Waals surface area contributed by atoms with E-state index in [-0.39, 0.29) is 5.97 Å². The number of anilines is 2. The quantitative estimate of drug-likeness (QED) is 0.501. The summed E-state index contributed by atoms with van der Waals surface area (Å²) in [4.78, 5) is 13.7. The fourth-order valence-corrected chi connectivity index (χ4v) is 4.96. The first kappa shape index (κ1) is 20.6. The Bertz CT molecular complexity index is 831. The van der Waals surface area contributed by atoms with Crippen LogP contribution >= 0.6 is 23.6 Å². The third kappa shape index (κ3) is 5.02. The molecule has 7 heteroatoms. The van der Waals surface area contributed by atoms with Gasteiger partial charge in [0.1, 0.15) is 10.8 Å². The van der Waals surface area contributed by atoms with Gasteiger partial charge in [-0.05, 0) is 74.7 Å². The van der Waals surface area contributed by atoms with Crippen LogP contribution in [-0.4, -0.2) is 24.8 Å². The van der Waals surface area contributed by atoms with E-state index in [2.05, 4.69) is 10.6 Å². The lowest BCUT2D eigenvalue weighted by Crippen LogP contribution is -2.20. The zero-order chi connectivity index (χ0) is 19.9. The number of methoxy groups -OCH3 is 1. The third-order valence-corrected chi connectivity index (χ3v) is 6.12. The van der Waals surface area contributed by atoms with Gasteiger partial charge in [0.05, 0.1) is 19.3 Å². The summed E-state index contributed by atoms with van der Waals surface area (Å²) in [5.74, 6) is 0.516. The van der Waals surface area contributed by atoms with Gasteiger partial charge in [-0.3, -0.25) is 0 Å². The number of benzene rings is 1. The third-order valence-electron chi connectivity index (χ3n) is 4.71. The second-order valence-corrected chi connectivity index (χ2v) is 8.16. The van der Waals surface area contributed by atoms with Crippen LogP contribution in [0.4, 0.5) is 10.7 Å². The van der Waals surface area contributed by atoms with Crippen molar-refractivity contribution in [2.24, 2.45) is 0 Å². The van der Waals surface area contributed by atoms with E-state index < -0.39 is 0 Å². The second kappa shape index (κ2) is 9.89. The summed E-state index contributed by atoms with van der Waals surface area (Å²) in [5.41, 5.74) is 2.62. The maximum absolute atomic E-state index is 12.5. The van der Waals surface area contributed by atoms with Crippen LogP contribution in [0, 0.1) is 0 Å². The van der Waals surface area contributed by atoms with Crippen molar-refractivity contribution in [1.82, 2.24) is 0 Å². The number of thiophene rings is 1. The number of hydrogen-bond acceptors (Lipinski definition) is 5. The Labute approximate surface area is 175 Å². The van der Waals surface area contributed by atoms with Crippen molar-refractivity contribution in [2.45, 2.75) is 45.4 Å². The zero-order valence-electron chi connectivity index (χ0n) is 16.3. The van der Waals surface area contributed by atoms with Gasteiger partial charge in [0.25, 0.3) is 0 Å². The van der Waals surface area contributed by atoms with Gasteiger partial charge in [-0.25, -0.2) is 4.79 Å². The van der Waals surface area contributed by atoms with Gasteiger partial charge in [-0.15, -0.1) is 11.3 Å². The van der Waals surface area contributed by atoms with Crippen molar-refractivity contribution in [1.29, 1.82) is 0 Å². The predicted octanol–water partition coefficient (Wildman–Crippen LogP) is 5.40. The molecule has 2 aromatic rings. The summed E-state index contributed by atoms with van der Waals surface area (Å²) in [6, 6.07) is 7.61. The average Bonchev–Trinajstić information content (AvgIpc) is 2.99. The molecule has 0 unspecified atom stereocenters. The normalized spacial score (nSPS) is 13.6. The first-order valence-electron chi connectivity index (χ1n) is 9.66. The molecule has 0 spiro atoms. The number of carbonyl (C=O) groups excluding carboxylic acids is 1. The topological polar surface area (TPSA) is 59.6 Å². The summed E-state index contributed by atoms with van der Waals surface area (Å²) in [7, 11) is 1.43. The summed E-state index contributed by atoms with van der Waals surface area (Å²) in [5, 5.41) is 7.60. The fraction of sp³-hybridized carbons (Fsp3) is 0.429. The van der Waals surface area contributed by atoms with Gasteiger partial charge in [0.2, 0.25) is 0 Å². The lowest BCUT2D eigenvalue weighted by Gasteiger charge is -2.12. The molecule has 5 nitrogen and oxygen atoms in total. The number of esters is 1. The molecule has 1 aromatic carbocycles. The molecular weight excluding hydrogens is 392 g/mol. The van der Waals surface area contributed by atoms with Crippen molar-refractivity contribution in [3.63, 3.8) is 0 Å². The Morgan fingerprint density at radius 3 is 2.50 bits per heavy atom. The smallest absolute Gasteiger partial charge is 0.341 e. The molecule has 0 atom stereocenters. The Hall–Kier alpha value is -2.12. The molecule has 0 amide bonds. The molecule has 0 fully saturated rings. The van der Waals surface area contributed by atoms with E-state index in [1.165, 1.54) is 24.8 Å². The molecule has 2 N–H and O–H groups in total. The number of nitrogens with one attached hydrogen (secondary N) is 2. The van der Waals surface area contributed by atoms with Crippen LogP contribution in [0.1, 0.15) is 53.4 Å². The van der Waals surface area contributed by atoms with E-state index in [1.807, 2.05) is 31.2 Å². The van der Waals surface area contributed by atoms with Gasteiger partial charge in [0, 0.05) is 10.6 Å². The number of aryl methyl sites for hydroxylation is 1. The highest BCUT2D eigenvalue weighted by molar-refractivity contribution is 7.80. The van der Waals surface area contributed by atoms with Crippen LogP contribution in [0.3, 0.4) is 0 Å². The maximum Gasteiger partial charge on any atom is 0.341 e. The molecule has 1 aromatic heterocycles. The molecule has 3 rings (SSSR count). The molecule has 0 radical (unpaired) electrons. The van der Waals surface area contributed by atoms with Crippen molar-refractivity contribution in [3.05, 3.63) is 40.3 Å². The second-order valence-electron chi connectivity index (χ2n) is 6.65. The van der Waals surface area contributed by atoms with Crippen LogP contribution in [0.2, 0.25) is 0 Å². The average molecular weight is 419 g/mol. The highest BCUT2D eigenvalue weighted by Gasteiger charge is 2.25. The number of hydrogen-bond donors (Lipinski definition) is 2. The first-order valence-corrected chi connectivity index (χ1v) is 10.9. The number of carbonyl (C=O) groups is 1. The van der Waals surface area contributed by atoms with Crippen LogP contribution in [0.5, 0.6) is 5.75 Å². The molecule has 28 heavy (non-hydrogen) atoms. The monoisotopic (exact) mass is 418 g/mol. The highest BCUT2D eigenvalue weighted by Crippen LogP contribution is 2.37. The first-order chi connectivity index (χ1) is 13.6. The SMILES string of the molecule is CCOc1ccc(NC(=S)Nc2sc3c(c2C(=O)OC)CCCCCC3)cc1. The molecule has 0 bridgehead atoms. The minimum Gasteiger partial charge on any atom is -0.494 e. The van der Waals surface area contributed by atoms with Gasteiger partial charge < -0.3 is 20.1 Å². The molecule has 1 aliphatic rings. The van der Waals surface area contributed by atoms with Crippen molar-refractivity contribution in [2.75, 3.05) is 24.4 Å². The Balaban J connectivity index is 1.77. The zero-order valence-corrected chi connectivity index (χ0v) is 17.9. The lowest BCUT2D eigenvalue weighted by molar-refractivity contribution is 0.0601. The van der Waals surface area contributed by atoms with Gasteiger partial charge in [0.15, 0.2) is 5.11 Å². The van der Waals surface area contributed by atoms with Gasteiger partial charge in [-0.2, -0.15) is 0 Å². The largest absolute Gasteiger partial charge is 0.494 e. The number of fused-ring (bicyclic) bond motifs is 1. The van der Waals surface area contributed by atoms with Crippen LogP contribution < -0.4 is 15.4 Å². The maximum atomic E-state index is 12.5. The molecule has 0 saturated heterocycles. The van der Waals surface area contributed by atoms with Crippen LogP contribution in [0.25, 0.3) is 0 Å². The van der Waals surface area contributed by atoms with E-state index in [0.29, 0.717) is 17.3 Å². The Morgan fingerprint density at radius 1 is 1.11 bits per heavy atom. The van der Waals surface area contributed by atoms with Crippen LogP contribution in [-0.2, 0) is 17.6 Å². The minimum absolute atomic E-state index is 0.301. The number of rotatable bonds is 5. The lowest BCUT2D eigenvalue weighted by atomic mass is 9.96. The van der Waals surface area contributed by atoms with Crippen molar-refractivity contribution >= 4 is 45.3 Å². The molecular formula is C21H26N2O3S2. The number of thiocarbonyl (C=S) groups is 1. The minimum atomic E-state index is -0.301. The van der Waals surface area contributed by atoms with Crippen molar-refractivity contribution < 1.29 is 14.3 Å². The fourth-order valence-electron chi connectivity index (χ4n) is 3.39. The molecule has 150 valence electrons. The van der Waals surface area contributed by atoms with E-state index in [4.69, 9.17) is 21.7 Å². The summed E-state index contributed by atoms with van der Waals surface area (Å²) < 4.78 is 10.5. The van der Waals surface area contributed by atoms with E-state index in [9.17, 15) is 4.79 Å². The highest BCUT2D eigenvalue weighted by atomic mass is 32.1. The number of ether oxygens (including phenoxy) is 2. The molecule has 1 heterocycles.